The highest BCUT2D eigenvalue weighted by molar-refractivity contribution is 6.30. The van der Waals surface area contributed by atoms with Gasteiger partial charge in [0, 0.05) is 36.8 Å². The van der Waals surface area contributed by atoms with Gasteiger partial charge in [0.25, 0.3) is 0 Å². The zero-order valence-corrected chi connectivity index (χ0v) is 10.8. The van der Waals surface area contributed by atoms with Crippen LogP contribution < -0.4 is 10.1 Å². The minimum Gasteiger partial charge on any atom is -0.455 e. The summed E-state index contributed by atoms with van der Waals surface area (Å²) in [5.74, 6) is 1.38. The largest absolute Gasteiger partial charge is 0.455 e. The lowest BCUT2D eigenvalue weighted by atomic mass is 10.2. The van der Waals surface area contributed by atoms with E-state index in [1.165, 1.54) is 0 Å². The van der Waals surface area contributed by atoms with Crippen LogP contribution in [0, 0.1) is 0 Å². The van der Waals surface area contributed by atoms with Crippen molar-refractivity contribution >= 4 is 11.6 Å². The van der Waals surface area contributed by atoms with Crippen molar-refractivity contribution in [1.82, 2.24) is 15.3 Å². The Morgan fingerprint density at radius 2 is 2.17 bits per heavy atom. The summed E-state index contributed by atoms with van der Waals surface area (Å²) < 4.78 is 5.76. The van der Waals surface area contributed by atoms with E-state index in [-0.39, 0.29) is 0 Å². The third-order valence-electron chi connectivity index (χ3n) is 2.33. The normalized spacial score (nSPS) is 10.3. The average molecular weight is 264 g/mol. The van der Waals surface area contributed by atoms with Crippen molar-refractivity contribution in [2.45, 2.75) is 13.5 Å². The van der Waals surface area contributed by atoms with Gasteiger partial charge >= 0.3 is 0 Å². The van der Waals surface area contributed by atoms with E-state index in [1.54, 1.807) is 30.9 Å². The second kappa shape index (κ2) is 6.33. The number of pyridine rings is 2. The lowest BCUT2D eigenvalue weighted by Gasteiger charge is -2.10. The van der Waals surface area contributed by atoms with Crippen LogP contribution in [0.5, 0.6) is 11.5 Å². The maximum Gasteiger partial charge on any atom is 0.147 e. The molecule has 0 bridgehead atoms. The van der Waals surface area contributed by atoms with Crippen LogP contribution in [0.25, 0.3) is 0 Å². The Bertz CT molecular complexity index is 519. The molecule has 1 N–H and O–H groups in total. The number of nitrogens with one attached hydrogen (secondary N) is 1. The second-order valence-corrected chi connectivity index (χ2v) is 4.14. The summed E-state index contributed by atoms with van der Waals surface area (Å²) in [5.41, 5.74) is 0.999. The Morgan fingerprint density at radius 3 is 2.94 bits per heavy atom. The van der Waals surface area contributed by atoms with E-state index in [0.717, 1.165) is 17.9 Å². The maximum atomic E-state index is 5.87. The smallest absolute Gasteiger partial charge is 0.147 e. The molecule has 0 aliphatic heterocycles. The number of ether oxygens (including phenoxy) is 1. The quantitative estimate of drug-likeness (QED) is 0.901. The molecule has 94 valence electrons. The maximum absolute atomic E-state index is 5.87. The van der Waals surface area contributed by atoms with Crippen LogP contribution in [-0.4, -0.2) is 16.5 Å². The van der Waals surface area contributed by atoms with E-state index >= 15 is 0 Å². The molecule has 4 nitrogen and oxygen atoms in total. The molecule has 0 aliphatic carbocycles. The van der Waals surface area contributed by atoms with E-state index in [2.05, 4.69) is 22.2 Å². The van der Waals surface area contributed by atoms with E-state index in [0.29, 0.717) is 17.3 Å². The molecule has 0 amide bonds. The van der Waals surface area contributed by atoms with Gasteiger partial charge in [0.2, 0.25) is 0 Å². The molecule has 2 aromatic rings. The van der Waals surface area contributed by atoms with Gasteiger partial charge in [-0.25, -0.2) is 0 Å². The molecule has 0 aliphatic rings. The number of aromatic nitrogens is 2. The first-order valence-corrected chi connectivity index (χ1v) is 6.09. The second-order valence-electron chi connectivity index (χ2n) is 3.70. The van der Waals surface area contributed by atoms with E-state index < -0.39 is 0 Å². The molecular weight excluding hydrogens is 250 g/mol. The predicted molar refractivity (Wildman–Crippen MR) is 70.9 cm³/mol. The van der Waals surface area contributed by atoms with E-state index in [1.807, 2.05) is 6.07 Å². The zero-order chi connectivity index (χ0) is 12.8. The molecule has 0 radical (unpaired) electrons. The molecule has 2 heterocycles. The minimum atomic E-state index is 0.551. The molecule has 0 saturated carbocycles. The van der Waals surface area contributed by atoms with E-state index in [4.69, 9.17) is 16.3 Å². The molecule has 2 rings (SSSR count). The van der Waals surface area contributed by atoms with Crippen LogP contribution in [0.4, 0.5) is 0 Å². The van der Waals surface area contributed by atoms with Crippen molar-refractivity contribution in [1.29, 1.82) is 0 Å². The molecule has 0 spiro atoms. The topological polar surface area (TPSA) is 47.0 Å². The highest BCUT2D eigenvalue weighted by atomic mass is 35.5. The molecule has 0 unspecified atom stereocenters. The summed E-state index contributed by atoms with van der Waals surface area (Å²) in [6, 6.07) is 3.56. The van der Waals surface area contributed by atoms with Crippen molar-refractivity contribution in [3.8, 4) is 11.5 Å². The van der Waals surface area contributed by atoms with Crippen molar-refractivity contribution < 1.29 is 4.74 Å². The fourth-order valence-corrected chi connectivity index (χ4v) is 1.65. The number of hydrogen-bond donors (Lipinski definition) is 1. The van der Waals surface area contributed by atoms with E-state index in [9.17, 15) is 0 Å². The zero-order valence-electron chi connectivity index (χ0n) is 10.1. The molecule has 5 heteroatoms. The first-order chi connectivity index (χ1) is 8.79. The third-order valence-corrected chi connectivity index (χ3v) is 2.54. The van der Waals surface area contributed by atoms with Gasteiger partial charge in [0.1, 0.15) is 11.5 Å². The van der Waals surface area contributed by atoms with Gasteiger partial charge in [-0.2, -0.15) is 0 Å². The Balaban J connectivity index is 2.17. The monoisotopic (exact) mass is 263 g/mol. The number of halogens is 1. The van der Waals surface area contributed by atoms with Crippen molar-refractivity contribution in [3.05, 3.63) is 47.5 Å². The van der Waals surface area contributed by atoms with Crippen molar-refractivity contribution in [3.63, 3.8) is 0 Å². The van der Waals surface area contributed by atoms with Crippen LogP contribution in [0.1, 0.15) is 12.5 Å². The predicted octanol–water partition coefficient (Wildman–Crippen LogP) is 3.03. The lowest BCUT2D eigenvalue weighted by molar-refractivity contribution is 0.470. The summed E-state index contributed by atoms with van der Waals surface area (Å²) in [5, 5.41) is 3.79. The number of hydrogen-bond acceptors (Lipinski definition) is 4. The SMILES string of the molecule is CCNCc1cnccc1Oc1cncc(Cl)c1. The van der Waals surface area contributed by atoms with Crippen molar-refractivity contribution in [2.24, 2.45) is 0 Å². The first kappa shape index (κ1) is 12.8. The standard InChI is InChI=1S/C13H14ClN3O/c1-2-15-6-10-7-16-4-3-13(10)18-12-5-11(14)8-17-9-12/h3-5,7-9,15H,2,6H2,1H3. The summed E-state index contributed by atoms with van der Waals surface area (Å²) >= 11 is 5.87. The Morgan fingerprint density at radius 1 is 1.28 bits per heavy atom. The van der Waals surface area contributed by atoms with Gasteiger partial charge in [0.05, 0.1) is 11.2 Å². The Hall–Kier alpha value is -1.65. The Labute approximate surface area is 111 Å². The molecule has 18 heavy (non-hydrogen) atoms. The molecule has 0 fully saturated rings. The minimum absolute atomic E-state index is 0.551. The fourth-order valence-electron chi connectivity index (χ4n) is 1.48. The highest BCUT2D eigenvalue weighted by Crippen LogP contribution is 2.25. The first-order valence-electron chi connectivity index (χ1n) is 5.71. The molecule has 0 saturated heterocycles. The third kappa shape index (κ3) is 3.42. The summed E-state index contributed by atoms with van der Waals surface area (Å²) in [6.07, 6.45) is 6.68. The van der Waals surface area contributed by atoms with Gasteiger partial charge in [0.15, 0.2) is 0 Å². The van der Waals surface area contributed by atoms with Crippen LogP contribution in [-0.2, 0) is 6.54 Å². The highest BCUT2D eigenvalue weighted by Gasteiger charge is 2.05. The number of nitrogens with zero attached hydrogens (tertiary/aromatic N) is 2. The van der Waals surface area contributed by atoms with Gasteiger partial charge in [-0.3, -0.25) is 9.97 Å². The van der Waals surface area contributed by atoms with Crippen LogP contribution in [0.3, 0.4) is 0 Å². The van der Waals surface area contributed by atoms with Gasteiger partial charge in [-0.1, -0.05) is 18.5 Å². The van der Waals surface area contributed by atoms with Crippen LogP contribution in [0.2, 0.25) is 5.02 Å². The van der Waals surface area contributed by atoms with Crippen LogP contribution in [0.15, 0.2) is 36.9 Å². The Kier molecular flexibility index (Phi) is 4.50. The molecule has 2 aromatic heterocycles. The van der Waals surface area contributed by atoms with Crippen LogP contribution >= 0.6 is 11.6 Å². The van der Waals surface area contributed by atoms with Gasteiger partial charge in [-0.05, 0) is 12.6 Å². The molecule has 0 aromatic carbocycles. The fraction of sp³-hybridized carbons (Fsp3) is 0.231. The summed E-state index contributed by atoms with van der Waals surface area (Å²) in [6.45, 7) is 3.67. The van der Waals surface area contributed by atoms with Gasteiger partial charge < -0.3 is 10.1 Å². The average Bonchev–Trinajstić information content (AvgIpc) is 2.38. The van der Waals surface area contributed by atoms with Gasteiger partial charge in [-0.15, -0.1) is 0 Å². The summed E-state index contributed by atoms with van der Waals surface area (Å²) in [7, 11) is 0. The van der Waals surface area contributed by atoms with Crippen molar-refractivity contribution in [2.75, 3.05) is 6.54 Å². The molecule has 0 atom stereocenters. The number of rotatable bonds is 5. The lowest BCUT2D eigenvalue weighted by Crippen LogP contribution is -2.12. The summed E-state index contributed by atoms with van der Waals surface area (Å²) in [4.78, 5) is 8.08. The molecular formula is C13H14ClN3O.